The van der Waals surface area contributed by atoms with Gasteiger partial charge in [-0.2, -0.15) is 0 Å². The maximum atomic E-state index is 9.84. The van der Waals surface area contributed by atoms with Crippen molar-refractivity contribution in [2.45, 2.75) is 31.5 Å². The Labute approximate surface area is 96.6 Å². The van der Waals surface area contributed by atoms with E-state index in [4.69, 9.17) is 19.3 Å². The minimum atomic E-state index is -0.684. The molecular formula is C11H22O5. The Hall–Kier alpha value is -0.460. The highest BCUT2D eigenvalue weighted by Crippen LogP contribution is 2.27. The van der Waals surface area contributed by atoms with E-state index in [0.717, 1.165) is 0 Å². The third kappa shape index (κ3) is 3.26. The van der Waals surface area contributed by atoms with E-state index in [9.17, 15) is 5.11 Å². The van der Waals surface area contributed by atoms with Gasteiger partial charge in [0.05, 0.1) is 12.7 Å². The molecule has 0 saturated carbocycles. The molecule has 0 aromatic heterocycles. The number of aliphatic hydroxyl groups is 2. The number of ether oxygens (including phenoxy) is 3. The molecule has 5 heteroatoms. The molecule has 1 rings (SSSR count). The maximum absolute atomic E-state index is 9.84. The number of methoxy groups -OCH3 is 2. The van der Waals surface area contributed by atoms with Gasteiger partial charge >= 0.3 is 0 Å². The second-order valence-corrected chi connectivity index (χ2v) is 3.51. The lowest BCUT2D eigenvalue weighted by molar-refractivity contribution is -0.279. The smallest absolute Gasteiger partial charge is 0.162 e. The van der Waals surface area contributed by atoms with Crippen LogP contribution < -0.4 is 0 Å². The SMILES string of the molecule is C=C.COC1OC(CO)C(OC)C(O)C1C. The summed E-state index contributed by atoms with van der Waals surface area (Å²) in [7, 11) is 3.00. The third-order valence-corrected chi connectivity index (χ3v) is 2.66. The van der Waals surface area contributed by atoms with Gasteiger partial charge in [0.15, 0.2) is 6.29 Å². The van der Waals surface area contributed by atoms with Crippen LogP contribution >= 0.6 is 0 Å². The molecule has 0 bridgehead atoms. The Bertz CT molecular complexity index is 185. The number of rotatable bonds is 3. The van der Waals surface area contributed by atoms with Crippen LogP contribution in [0.5, 0.6) is 0 Å². The van der Waals surface area contributed by atoms with Crippen LogP contribution in [0.15, 0.2) is 13.2 Å². The maximum Gasteiger partial charge on any atom is 0.162 e. The molecule has 5 nitrogen and oxygen atoms in total. The lowest BCUT2D eigenvalue weighted by atomic mass is 9.92. The first-order chi connectivity index (χ1) is 7.65. The normalized spacial score (nSPS) is 38.7. The standard InChI is InChI=1S/C9H18O5.C2H4/c1-5-7(11)8(12-2)6(4-10)14-9(5)13-3;1-2/h5-11H,4H2,1-3H3;1-2H2. The molecule has 1 aliphatic rings. The first-order valence-electron chi connectivity index (χ1n) is 5.15. The van der Waals surface area contributed by atoms with Crippen molar-refractivity contribution in [3.05, 3.63) is 13.2 Å². The molecular weight excluding hydrogens is 212 g/mol. The lowest BCUT2D eigenvalue weighted by Crippen LogP contribution is -2.55. The van der Waals surface area contributed by atoms with Gasteiger partial charge in [-0.15, -0.1) is 13.2 Å². The molecule has 5 atom stereocenters. The summed E-state index contributed by atoms with van der Waals surface area (Å²) in [6.07, 6.45) is -2.21. The molecule has 0 amide bonds. The number of hydrogen-bond donors (Lipinski definition) is 2. The molecule has 96 valence electrons. The predicted octanol–water partition coefficient (Wildman–Crippen LogP) is 0.164. The van der Waals surface area contributed by atoms with Gasteiger partial charge in [0.25, 0.3) is 0 Å². The summed E-state index contributed by atoms with van der Waals surface area (Å²) >= 11 is 0. The summed E-state index contributed by atoms with van der Waals surface area (Å²) < 4.78 is 15.5. The summed E-state index contributed by atoms with van der Waals surface area (Å²) in [5, 5.41) is 18.9. The second-order valence-electron chi connectivity index (χ2n) is 3.51. The molecule has 1 heterocycles. The van der Waals surface area contributed by atoms with Crippen LogP contribution in [0, 0.1) is 5.92 Å². The first-order valence-corrected chi connectivity index (χ1v) is 5.15. The monoisotopic (exact) mass is 234 g/mol. The first kappa shape index (κ1) is 15.5. The molecule has 0 aromatic carbocycles. The van der Waals surface area contributed by atoms with Gasteiger partial charge < -0.3 is 24.4 Å². The fourth-order valence-corrected chi connectivity index (χ4v) is 1.76. The summed E-state index contributed by atoms with van der Waals surface area (Å²) in [6, 6.07) is 0. The van der Waals surface area contributed by atoms with Crippen molar-refractivity contribution in [2.75, 3.05) is 20.8 Å². The lowest BCUT2D eigenvalue weighted by Gasteiger charge is -2.41. The minimum absolute atomic E-state index is 0.173. The Morgan fingerprint density at radius 2 is 1.81 bits per heavy atom. The Balaban J connectivity index is 0.00000106. The molecule has 1 fully saturated rings. The Morgan fingerprint density at radius 1 is 1.25 bits per heavy atom. The minimum Gasteiger partial charge on any atom is -0.394 e. The van der Waals surface area contributed by atoms with Crippen molar-refractivity contribution in [1.82, 2.24) is 0 Å². The average molecular weight is 234 g/mol. The summed E-state index contributed by atoms with van der Waals surface area (Å²) in [6.45, 7) is 7.63. The third-order valence-electron chi connectivity index (χ3n) is 2.66. The zero-order valence-corrected chi connectivity index (χ0v) is 10.1. The van der Waals surface area contributed by atoms with Crippen LogP contribution in [0.2, 0.25) is 0 Å². The highest BCUT2D eigenvalue weighted by atomic mass is 16.7. The van der Waals surface area contributed by atoms with Crippen molar-refractivity contribution in [3.63, 3.8) is 0 Å². The van der Waals surface area contributed by atoms with E-state index in [1.165, 1.54) is 14.2 Å². The highest BCUT2D eigenvalue weighted by Gasteiger charge is 2.43. The molecule has 0 spiro atoms. The van der Waals surface area contributed by atoms with Gasteiger partial charge in [-0.25, -0.2) is 0 Å². The molecule has 0 radical (unpaired) electrons. The van der Waals surface area contributed by atoms with Gasteiger partial charge in [0, 0.05) is 20.1 Å². The molecule has 1 aliphatic heterocycles. The molecule has 0 aromatic rings. The van der Waals surface area contributed by atoms with E-state index in [1.807, 2.05) is 6.92 Å². The Kier molecular flexibility index (Phi) is 7.53. The van der Waals surface area contributed by atoms with Crippen molar-refractivity contribution in [3.8, 4) is 0 Å². The van der Waals surface area contributed by atoms with E-state index in [0.29, 0.717) is 0 Å². The van der Waals surface area contributed by atoms with E-state index in [2.05, 4.69) is 13.2 Å². The van der Waals surface area contributed by atoms with Crippen molar-refractivity contribution >= 4 is 0 Å². The van der Waals surface area contributed by atoms with Gasteiger partial charge in [0.2, 0.25) is 0 Å². The largest absolute Gasteiger partial charge is 0.394 e. The van der Waals surface area contributed by atoms with Crippen LogP contribution in [0.4, 0.5) is 0 Å². The van der Waals surface area contributed by atoms with Crippen LogP contribution in [-0.2, 0) is 14.2 Å². The topological polar surface area (TPSA) is 68.2 Å². The van der Waals surface area contributed by atoms with Crippen molar-refractivity contribution in [1.29, 1.82) is 0 Å². The molecule has 2 N–H and O–H groups in total. The molecule has 0 aliphatic carbocycles. The molecule has 1 saturated heterocycles. The van der Waals surface area contributed by atoms with Crippen molar-refractivity contribution in [2.24, 2.45) is 5.92 Å². The van der Waals surface area contributed by atoms with Crippen LogP contribution in [0.3, 0.4) is 0 Å². The van der Waals surface area contributed by atoms with Crippen LogP contribution in [0.25, 0.3) is 0 Å². The van der Waals surface area contributed by atoms with Crippen LogP contribution in [0.1, 0.15) is 6.92 Å². The zero-order chi connectivity index (χ0) is 12.7. The fraction of sp³-hybridized carbons (Fsp3) is 0.818. The van der Waals surface area contributed by atoms with Gasteiger partial charge in [-0.1, -0.05) is 6.92 Å². The van der Waals surface area contributed by atoms with Gasteiger partial charge in [-0.3, -0.25) is 0 Å². The summed E-state index contributed by atoms with van der Waals surface area (Å²) in [5.41, 5.74) is 0. The predicted molar refractivity (Wildman–Crippen MR) is 60.0 cm³/mol. The summed E-state index contributed by atoms with van der Waals surface area (Å²) in [5.74, 6) is -0.173. The second kappa shape index (κ2) is 7.76. The fourth-order valence-electron chi connectivity index (χ4n) is 1.76. The van der Waals surface area contributed by atoms with E-state index in [-0.39, 0.29) is 12.5 Å². The zero-order valence-electron chi connectivity index (χ0n) is 10.1. The number of aliphatic hydroxyl groups excluding tert-OH is 2. The Morgan fingerprint density at radius 3 is 2.19 bits per heavy atom. The average Bonchev–Trinajstić information content (AvgIpc) is 2.34. The van der Waals surface area contributed by atoms with Crippen LogP contribution in [-0.4, -0.2) is 55.6 Å². The molecule has 16 heavy (non-hydrogen) atoms. The van der Waals surface area contributed by atoms with Gasteiger partial charge in [0.1, 0.15) is 12.2 Å². The quantitative estimate of drug-likeness (QED) is 0.681. The van der Waals surface area contributed by atoms with E-state index in [1.54, 1.807) is 0 Å². The van der Waals surface area contributed by atoms with E-state index < -0.39 is 24.6 Å². The highest BCUT2D eigenvalue weighted by molar-refractivity contribution is 4.87. The van der Waals surface area contributed by atoms with Gasteiger partial charge in [-0.05, 0) is 0 Å². The van der Waals surface area contributed by atoms with Crippen molar-refractivity contribution < 1.29 is 24.4 Å². The molecule has 5 unspecified atom stereocenters. The number of hydrogen-bond acceptors (Lipinski definition) is 5. The summed E-state index contributed by atoms with van der Waals surface area (Å²) in [4.78, 5) is 0. The van der Waals surface area contributed by atoms with E-state index >= 15 is 0 Å².